The zero-order valence-corrected chi connectivity index (χ0v) is 9.51. The Morgan fingerprint density at radius 2 is 2.06 bits per heavy atom. The number of thioether (sulfide) groups is 1. The summed E-state index contributed by atoms with van der Waals surface area (Å²) in [6, 6.07) is 3.35. The number of nitrogens with one attached hydrogen (secondary N) is 1. The number of nitrogens with two attached hydrogens (primary N) is 1. The van der Waals surface area contributed by atoms with Crippen LogP contribution in [0.5, 0.6) is 0 Å². The summed E-state index contributed by atoms with van der Waals surface area (Å²) in [5.41, 5.74) is 4.35. The molecule has 0 bridgehead atoms. The third kappa shape index (κ3) is 3.61. The zero-order chi connectivity index (χ0) is 12.3. The van der Waals surface area contributed by atoms with Gasteiger partial charge in [-0.25, -0.2) is 0 Å². The third-order valence-corrected chi connectivity index (χ3v) is 2.76. The molecule has 7 heteroatoms. The minimum atomic E-state index is -4.42. The molecule has 1 aromatic rings. The lowest BCUT2D eigenvalue weighted by Gasteiger charge is -2.12. The van der Waals surface area contributed by atoms with Crippen molar-refractivity contribution >= 4 is 28.5 Å². The van der Waals surface area contributed by atoms with Gasteiger partial charge in [-0.05, 0) is 23.8 Å². The summed E-state index contributed by atoms with van der Waals surface area (Å²) in [7, 11) is 0. The Balaban J connectivity index is 3.04. The van der Waals surface area contributed by atoms with Gasteiger partial charge in [0, 0.05) is 10.8 Å². The Labute approximate surface area is 99.5 Å². The molecule has 1 aromatic carbocycles. The predicted octanol–water partition coefficient (Wildman–Crippen LogP) is 3.49. The predicted molar refractivity (Wildman–Crippen MR) is 59.7 cm³/mol. The highest BCUT2D eigenvalue weighted by atomic mass is 35.5. The van der Waals surface area contributed by atoms with Crippen LogP contribution in [-0.4, -0.2) is 5.17 Å². The Hall–Kier alpha value is -0.880. The van der Waals surface area contributed by atoms with Gasteiger partial charge < -0.3 is 5.73 Å². The van der Waals surface area contributed by atoms with Gasteiger partial charge in [0.2, 0.25) is 0 Å². The second-order valence-corrected chi connectivity index (χ2v) is 4.41. The van der Waals surface area contributed by atoms with Crippen LogP contribution in [0, 0.1) is 5.41 Å². The fourth-order valence-electron chi connectivity index (χ4n) is 1.11. The lowest BCUT2D eigenvalue weighted by Crippen LogP contribution is -2.10. The van der Waals surface area contributed by atoms with Crippen LogP contribution in [0.1, 0.15) is 11.1 Å². The Morgan fingerprint density at radius 1 is 1.44 bits per heavy atom. The maximum atomic E-state index is 12.6. The average Bonchev–Trinajstić information content (AvgIpc) is 2.12. The van der Waals surface area contributed by atoms with E-state index in [1.165, 1.54) is 12.1 Å². The topological polar surface area (TPSA) is 49.9 Å². The molecule has 0 spiro atoms. The summed E-state index contributed by atoms with van der Waals surface area (Å²) < 4.78 is 37.7. The normalized spacial score (nSPS) is 11.5. The van der Waals surface area contributed by atoms with Crippen molar-refractivity contribution in [1.29, 1.82) is 5.41 Å². The van der Waals surface area contributed by atoms with Crippen molar-refractivity contribution in [3.63, 3.8) is 0 Å². The van der Waals surface area contributed by atoms with E-state index in [9.17, 15) is 13.2 Å². The Kier molecular flexibility index (Phi) is 4.09. The minimum absolute atomic E-state index is 0.0231. The van der Waals surface area contributed by atoms with Crippen molar-refractivity contribution < 1.29 is 13.2 Å². The molecule has 0 fully saturated rings. The molecule has 0 aliphatic carbocycles. The van der Waals surface area contributed by atoms with Gasteiger partial charge in [-0.15, -0.1) is 0 Å². The Bertz CT molecular complexity index is 406. The summed E-state index contributed by atoms with van der Waals surface area (Å²) >= 11 is 6.45. The average molecular weight is 269 g/mol. The van der Waals surface area contributed by atoms with Gasteiger partial charge in [-0.1, -0.05) is 23.4 Å². The number of benzene rings is 1. The van der Waals surface area contributed by atoms with Crippen molar-refractivity contribution in [2.24, 2.45) is 5.73 Å². The molecule has 0 saturated carbocycles. The molecule has 16 heavy (non-hydrogen) atoms. The summed E-state index contributed by atoms with van der Waals surface area (Å²) in [4.78, 5) is 0. The largest absolute Gasteiger partial charge is 0.416 e. The first-order valence-corrected chi connectivity index (χ1v) is 5.49. The van der Waals surface area contributed by atoms with Gasteiger partial charge in [0.15, 0.2) is 5.17 Å². The van der Waals surface area contributed by atoms with Gasteiger partial charge in [-0.2, -0.15) is 13.2 Å². The van der Waals surface area contributed by atoms with Crippen LogP contribution in [-0.2, 0) is 11.9 Å². The van der Waals surface area contributed by atoms with Crippen LogP contribution in [0.2, 0.25) is 5.02 Å². The molecule has 0 radical (unpaired) electrons. The van der Waals surface area contributed by atoms with Gasteiger partial charge in [0.25, 0.3) is 0 Å². The molecule has 1 rings (SSSR count). The van der Waals surface area contributed by atoms with Crippen LogP contribution in [0.15, 0.2) is 18.2 Å². The number of amidine groups is 1. The van der Waals surface area contributed by atoms with Crippen LogP contribution in [0.4, 0.5) is 13.2 Å². The number of hydrogen-bond donors (Lipinski definition) is 2. The number of halogens is 4. The van der Waals surface area contributed by atoms with Crippen molar-refractivity contribution in [3.8, 4) is 0 Å². The second kappa shape index (κ2) is 4.97. The van der Waals surface area contributed by atoms with Gasteiger partial charge in [0.05, 0.1) is 5.56 Å². The smallest absolute Gasteiger partial charge is 0.379 e. The molecule has 0 aliphatic rings. The fourth-order valence-corrected chi connectivity index (χ4v) is 1.86. The Morgan fingerprint density at radius 3 is 2.56 bits per heavy atom. The summed E-state index contributed by atoms with van der Waals surface area (Å²) in [6.45, 7) is 0. The maximum Gasteiger partial charge on any atom is 0.416 e. The van der Waals surface area contributed by atoms with E-state index in [0.717, 1.165) is 17.8 Å². The SMILES string of the molecule is N=C(N)SCc1cc(Cl)ccc1C(F)(F)F. The summed E-state index contributed by atoms with van der Waals surface area (Å²) in [6.07, 6.45) is -4.42. The van der Waals surface area contributed by atoms with Crippen molar-refractivity contribution in [1.82, 2.24) is 0 Å². The van der Waals surface area contributed by atoms with E-state index in [1.807, 2.05) is 0 Å². The second-order valence-electron chi connectivity index (χ2n) is 2.95. The summed E-state index contributed by atoms with van der Waals surface area (Å²) in [5, 5.41) is 6.95. The fraction of sp³-hybridized carbons (Fsp3) is 0.222. The molecule has 0 aliphatic heterocycles. The van der Waals surface area contributed by atoms with Crippen LogP contribution >= 0.6 is 23.4 Å². The van der Waals surface area contributed by atoms with E-state index in [2.05, 4.69) is 0 Å². The first-order chi connectivity index (χ1) is 7.30. The molecular formula is C9H8ClF3N2S. The molecule has 0 unspecified atom stereocenters. The highest BCUT2D eigenvalue weighted by molar-refractivity contribution is 8.13. The van der Waals surface area contributed by atoms with Crippen molar-refractivity contribution in [2.75, 3.05) is 0 Å². The number of alkyl halides is 3. The molecule has 2 nitrogen and oxygen atoms in total. The number of hydrogen-bond acceptors (Lipinski definition) is 2. The van der Waals surface area contributed by atoms with E-state index in [-0.39, 0.29) is 21.5 Å². The highest BCUT2D eigenvalue weighted by Crippen LogP contribution is 2.34. The molecule has 3 N–H and O–H groups in total. The molecule has 88 valence electrons. The monoisotopic (exact) mass is 268 g/mol. The first kappa shape index (κ1) is 13.2. The quantitative estimate of drug-likeness (QED) is 0.637. The maximum absolute atomic E-state index is 12.6. The van der Waals surface area contributed by atoms with E-state index >= 15 is 0 Å². The molecule has 0 atom stereocenters. The van der Waals surface area contributed by atoms with Crippen LogP contribution < -0.4 is 5.73 Å². The minimum Gasteiger partial charge on any atom is -0.379 e. The number of rotatable bonds is 2. The standard InChI is InChI=1S/C9H8ClF3N2S/c10-6-1-2-7(9(11,12)13)5(3-6)4-16-8(14)15/h1-3H,4H2,(H3,14,15). The molecule has 0 amide bonds. The van der Waals surface area contributed by atoms with Gasteiger partial charge in [-0.3, -0.25) is 5.41 Å². The lowest BCUT2D eigenvalue weighted by molar-refractivity contribution is -0.138. The molecular weight excluding hydrogens is 261 g/mol. The zero-order valence-electron chi connectivity index (χ0n) is 7.94. The molecule has 0 saturated heterocycles. The van der Waals surface area contributed by atoms with Crippen LogP contribution in [0.25, 0.3) is 0 Å². The summed E-state index contributed by atoms with van der Waals surface area (Å²) in [5.74, 6) is -0.0231. The first-order valence-electron chi connectivity index (χ1n) is 4.13. The van der Waals surface area contributed by atoms with Crippen molar-refractivity contribution in [2.45, 2.75) is 11.9 Å². The van der Waals surface area contributed by atoms with Gasteiger partial charge in [0.1, 0.15) is 0 Å². The third-order valence-electron chi connectivity index (χ3n) is 1.76. The van der Waals surface area contributed by atoms with Crippen LogP contribution in [0.3, 0.4) is 0 Å². The molecule has 0 heterocycles. The molecule has 0 aromatic heterocycles. The van der Waals surface area contributed by atoms with E-state index in [4.69, 9.17) is 22.7 Å². The van der Waals surface area contributed by atoms with Crippen molar-refractivity contribution in [3.05, 3.63) is 34.3 Å². The highest BCUT2D eigenvalue weighted by Gasteiger charge is 2.33. The van der Waals surface area contributed by atoms with Gasteiger partial charge >= 0.3 is 6.18 Å². The van der Waals surface area contributed by atoms with E-state index < -0.39 is 11.7 Å². The van der Waals surface area contributed by atoms with E-state index in [0.29, 0.717) is 0 Å². The lowest BCUT2D eigenvalue weighted by atomic mass is 10.1. The van der Waals surface area contributed by atoms with E-state index in [1.54, 1.807) is 0 Å².